The average molecular weight is 397 g/mol. The molecule has 9 nitrogen and oxygen atoms in total. The number of nitrogens with zero attached hydrogens (tertiary/aromatic N) is 7. The maximum absolute atomic E-state index is 12.5. The third kappa shape index (κ3) is 4.72. The minimum absolute atomic E-state index is 0.0465. The van der Waals surface area contributed by atoms with Crippen LogP contribution >= 0.6 is 0 Å². The van der Waals surface area contributed by atoms with Crippen molar-refractivity contribution in [3.63, 3.8) is 0 Å². The Bertz CT molecular complexity index is 862. The van der Waals surface area contributed by atoms with Gasteiger partial charge in [0, 0.05) is 62.9 Å². The Morgan fingerprint density at radius 1 is 0.966 bits per heavy atom. The number of piperazine rings is 1. The molecule has 4 rings (SSSR count). The van der Waals surface area contributed by atoms with E-state index in [1.165, 1.54) is 12.8 Å². The Morgan fingerprint density at radius 2 is 1.72 bits per heavy atom. The van der Waals surface area contributed by atoms with Gasteiger partial charge in [-0.05, 0) is 32.8 Å². The molecule has 0 N–H and O–H groups in total. The van der Waals surface area contributed by atoms with E-state index in [1.807, 2.05) is 24.8 Å². The smallest absolute Gasteiger partial charge is 0.317 e. The van der Waals surface area contributed by atoms with E-state index in [9.17, 15) is 4.79 Å². The molecule has 0 aromatic carbocycles. The van der Waals surface area contributed by atoms with Crippen LogP contribution in [0.3, 0.4) is 0 Å². The van der Waals surface area contributed by atoms with Crippen LogP contribution in [0, 0.1) is 13.8 Å². The van der Waals surface area contributed by atoms with Gasteiger partial charge in [-0.1, -0.05) is 0 Å². The van der Waals surface area contributed by atoms with Gasteiger partial charge in [0.25, 0.3) is 5.91 Å². The van der Waals surface area contributed by atoms with Crippen LogP contribution in [0.25, 0.3) is 0 Å². The number of hydrogen-bond donors (Lipinski definition) is 0. The molecule has 29 heavy (non-hydrogen) atoms. The molecule has 154 valence electrons. The normalized spacial score (nSPS) is 17.0. The maximum Gasteiger partial charge on any atom is 0.317 e. The molecular weight excluding hydrogens is 370 g/mol. The molecule has 0 saturated carbocycles. The van der Waals surface area contributed by atoms with Crippen LogP contribution < -0.4 is 14.5 Å². The summed E-state index contributed by atoms with van der Waals surface area (Å²) >= 11 is 0. The van der Waals surface area contributed by atoms with E-state index in [1.54, 1.807) is 12.3 Å². The van der Waals surface area contributed by atoms with Gasteiger partial charge in [0.1, 0.15) is 5.82 Å². The van der Waals surface area contributed by atoms with Crippen molar-refractivity contribution in [2.24, 2.45) is 0 Å². The summed E-state index contributed by atoms with van der Waals surface area (Å²) in [5.41, 5.74) is 1.78. The van der Waals surface area contributed by atoms with Crippen molar-refractivity contribution in [3.05, 3.63) is 29.7 Å². The lowest BCUT2D eigenvalue weighted by Gasteiger charge is -2.35. The molecular formula is C20H27N7O2. The van der Waals surface area contributed by atoms with Gasteiger partial charge in [0.2, 0.25) is 5.95 Å². The topological polar surface area (TPSA) is 87.6 Å². The number of aryl methyl sites for hydroxylation is 2. The molecule has 0 aliphatic carbocycles. The van der Waals surface area contributed by atoms with Crippen molar-refractivity contribution in [1.29, 1.82) is 0 Å². The van der Waals surface area contributed by atoms with E-state index in [2.05, 4.69) is 24.8 Å². The summed E-state index contributed by atoms with van der Waals surface area (Å²) in [5.74, 6) is 1.71. The van der Waals surface area contributed by atoms with Crippen LogP contribution in [0.5, 0.6) is 6.01 Å². The molecule has 0 radical (unpaired) electrons. The number of aromatic nitrogens is 4. The van der Waals surface area contributed by atoms with Gasteiger partial charge in [0.05, 0.1) is 0 Å². The Morgan fingerprint density at radius 3 is 2.45 bits per heavy atom. The second-order valence-corrected chi connectivity index (χ2v) is 7.50. The van der Waals surface area contributed by atoms with Crippen molar-refractivity contribution in [2.75, 3.05) is 55.7 Å². The lowest BCUT2D eigenvalue weighted by molar-refractivity contribution is -0.133. The predicted octanol–water partition coefficient (Wildman–Crippen LogP) is 1.21. The standard InChI is InChI=1S/C20H27N7O2/c1-15-5-6-21-20(23-15)29-14-18(28)26-11-9-25(10-12-26)17-13-16(2)22-19(24-17)27-7-3-4-8-27/h5-6,13H,3-4,7-12,14H2,1-2H3. The number of carbonyl (C=O) groups excluding carboxylic acids is 1. The first kappa shape index (κ1) is 19.4. The summed E-state index contributed by atoms with van der Waals surface area (Å²) in [6.45, 7) is 8.62. The monoisotopic (exact) mass is 397 g/mol. The second kappa shape index (κ2) is 8.59. The molecule has 0 spiro atoms. The van der Waals surface area contributed by atoms with Crippen LogP contribution in [0.4, 0.5) is 11.8 Å². The minimum atomic E-state index is -0.0496. The largest absolute Gasteiger partial charge is 0.453 e. The van der Waals surface area contributed by atoms with Crippen LogP contribution in [-0.4, -0.2) is 76.6 Å². The molecule has 0 unspecified atom stereocenters. The molecule has 2 fully saturated rings. The maximum atomic E-state index is 12.5. The zero-order valence-electron chi connectivity index (χ0n) is 17.0. The van der Waals surface area contributed by atoms with E-state index < -0.39 is 0 Å². The molecule has 0 atom stereocenters. The molecule has 1 amide bonds. The molecule has 2 aromatic heterocycles. The Hall–Kier alpha value is -2.97. The highest BCUT2D eigenvalue weighted by molar-refractivity contribution is 5.78. The summed E-state index contributed by atoms with van der Waals surface area (Å²) in [7, 11) is 0. The van der Waals surface area contributed by atoms with Crippen molar-refractivity contribution in [1.82, 2.24) is 24.8 Å². The average Bonchev–Trinajstić information content (AvgIpc) is 3.27. The van der Waals surface area contributed by atoms with Gasteiger partial charge in [-0.3, -0.25) is 4.79 Å². The first-order valence-electron chi connectivity index (χ1n) is 10.1. The lowest BCUT2D eigenvalue weighted by atomic mass is 10.3. The third-order valence-electron chi connectivity index (χ3n) is 5.27. The summed E-state index contributed by atoms with van der Waals surface area (Å²) in [5, 5.41) is 0. The zero-order valence-corrected chi connectivity index (χ0v) is 17.0. The third-order valence-corrected chi connectivity index (χ3v) is 5.27. The number of ether oxygens (including phenoxy) is 1. The van der Waals surface area contributed by atoms with Crippen molar-refractivity contribution in [2.45, 2.75) is 26.7 Å². The number of carbonyl (C=O) groups is 1. The fraction of sp³-hybridized carbons (Fsp3) is 0.550. The van der Waals surface area contributed by atoms with E-state index in [0.29, 0.717) is 13.1 Å². The fourth-order valence-corrected chi connectivity index (χ4v) is 3.66. The number of hydrogen-bond acceptors (Lipinski definition) is 8. The number of anilines is 2. The fourth-order valence-electron chi connectivity index (χ4n) is 3.66. The first-order valence-corrected chi connectivity index (χ1v) is 10.1. The summed E-state index contributed by atoms with van der Waals surface area (Å²) < 4.78 is 5.45. The highest BCUT2D eigenvalue weighted by atomic mass is 16.5. The quantitative estimate of drug-likeness (QED) is 0.744. The van der Waals surface area contributed by atoms with Crippen molar-refractivity contribution in [3.8, 4) is 6.01 Å². The highest BCUT2D eigenvalue weighted by Gasteiger charge is 2.24. The summed E-state index contributed by atoms with van der Waals surface area (Å²) in [6.07, 6.45) is 4.02. The molecule has 2 aromatic rings. The second-order valence-electron chi connectivity index (χ2n) is 7.50. The van der Waals surface area contributed by atoms with Crippen LogP contribution in [0.1, 0.15) is 24.2 Å². The molecule has 2 aliphatic rings. The van der Waals surface area contributed by atoms with Gasteiger partial charge in [-0.15, -0.1) is 0 Å². The molecule has 0 bridgehead atoms. The van der Waals surface area contributed by atoms with Gasteiger partial charge in [-0.2, -0.15) is 4.98 Å². The van der Waals surface area contributed by atoms with Crippen molar-refractivity contribution < 1.29 is 9.53 Å². The SMILES string of the molecule is Cc1ccnc(OCC(=O)N2CCN(c3cc(C)nc(N4CCCC4)n3)CC2)n1. The van der Waals surface area contributed by atoms with Gasteiger partial charge >= 0.3 is 6.01 Å². The van der Waals surface area contributed by atoms with Gasteiger partial charge in [0.15, 0.2) is 6.61 Å². The van der Waals surface area contributed by atoms with Crippen LogP contribution in [0.2, 0.25) is 0 Å². The van der Waals surface area contributed by atoms with E-state index in [4.69, 9.17) is 9.72 Å². The Balaban J connectivity index is 1.32. The number of rotatable bonds is 5. The summed E-state index contributed by atoms with van der Waals surface area (Å²) in [4.78, 5) is 36.4. The van der Waals surface area contributed by atoms with Crippen LogP contribution in [-0.2, 0) is 4.79 Å². The Kier molecular flexibility index (Phi) is 5.73. The van der Waals surface area contributed by atoms with Crippen molar-refractivity contribution >= 4 is 17.7 Å². The van der Waals surface area contributed by atoms with Crippen LogP contribution in [0.15, 0.2) is 18.3 Å². The minimum Gasteiger partial charge on any atom is -0.453 e. The van der Waals surface area contributed by atoms with Gasteiger partial charge < -0.3 is 19.4 Å². The Labute approximate surface area is 170 Å². The molecule has 4 heterocycles. The molecule has 2 aliphatic heterocycles. The first-order chi connectivity index (χ1) is 14.1. The lowest BCUT2D eigenvalue weighted by Crippen LogP contribution is -2.50. The summed E-state index contributed by atoms with van der Waals surface area (Å²) in [6, 6.07) is 4.05. The molecule has 9 heteroatoms. The van der Waals surface area contributed by atoms with E-state index in [-0.39, 0.29) is 18.5 Å². The van der Waals surface area contributed by atoms with E-state index in [0.717, 1.165) is 49.3 Å². The zero-order chi connectivity index (χ0) is 20.2. The molecule has 2 saturated heterocycles. The van der Waals surface area contributed by atoms with Gasteiger partial charge in [-0.25, -0.2) is 15.0 Å². The highest BCUT2D eigenvalue weighted by Crippen LogP contribution is 2.21. The number of amides is 1. The van der Waals surface area contributed by atoms with E-state index >= 15 is 0 Å². The predicted molar refractivity (Wildman–Crippen MR) is 109 cm³/mol.